The van der Waals surface area contributed by atoms with Crippen molar-refractivity contribution in [3.05, 3.63) is 29.6 Å². The molecule has 2 heterocycles. The number of pyridine rings is 1. The SMILES string of the molecule is CC(C)NCc1cccc(CN2CCN(C(C)C)CC2)n1. The van der Waals surface area contributed by atoms with Gasteiger partial charge in [0.2, 0.25) is 0 Å². The molecule has 0 bridgehead atoms. The van der Waals surface area contributed by atoms with Crippen LogP contribution in [0.3, 0.4) is 0 Å². The number of hydrogen-bond donors (Lipinski definition) is 1. The highest BCUT2D eigenvalue weighted by atomic mass is 15.3. The van der Waals surface area contributed by atoms with Crippen LogP contribution in [0.2, 0.25) is 0 Å². The van der Waals surface area contributed by atoms with Crippen molar-refractivity contribution in [1.82, 2.24) is 20.1 Å². The van der Waals surface area contributed by atoms with Crippen molar-refractivity contribution < 1.29 is 0 Å². The smallest absolute Gasteiger partial charge is 0.0547 e. The summed E-state index contributed by atoms with van der Waals surface area (Å²) in [7, 11) is 0. The summed E-state index contributed by atoms with van der Waals surface area (Å²) in [6.07, 6.45) is 0. The number of rotatable bonds is 6. The maximum Gasteiger partial charge on any atom is 0.0547 e. The lowest BCUT2D eigenvalue weighted by Gasteiger charge is -2.36. The summed E-state index contributed by atoms with van der Waals surface area (Å²) >= 11 is 0. The van der Waals surface area contributed by atoms with Crippen molar-refractivity contribution in [2.24, 2.45) is 0 Å². The average Bonchev–Trinajstić information content (AvgIpc) is 2.46. The fourth-order valence-corrected chi connectivity index (χ4v) is 2.69. The van der Waals surface area contributed by atoms with Gasteiger partial charge in [-0.05, 0) is 26.0 Å². The first kappa shape index (κ1) is 16.4. The quantitative estimate of drug-likeness (QED) is 0.869. The molecule has 0 saturated carbocycles. The second kappa shape index (κ2) is 7.87. The monoisotopic (exact) mass is 290 g/mol. The molecule has 2 rings (SSSR count). The van der Waals surface area contributed by atoms with E-state index >= 15 is 0 Å². The second-order valence-electron chi connectivity index (χ2n) is 6.56. The summed E-state index contributed by atoms with van der Waals surface area (Å²) in [5.41, 5.74) is 2.33. The van der Waals surface area contributed by atoms with E-state index in [1.807, 2.05) is 0 Å². The van der Waals surface area contributed by atoms with Crippen molar-refractivity contribution in [2.75, 3.05) is 26.2 Å². The van der Waals surface area contributed by atoms with Crippen LogP contribution in [-0.2, 0) is 13.1 Å². The normalized spacial score (nSPS) is 17.8. The highest BCUT2D eigenvalue weighted by Crippen LogP contribution is 2.10. The largest absolute Gasteiger partial charge is 0.309 e. The van der Waals surface area contributed by atoms with Gasteiger partial charge >= 0.3 is 0 Å². The van der Waals surface area contributed by atoms with Crippen LogP contribution in [0, 0.1) is 0 Å². The van der Waals surface area contributed by atoms with E-state index in [9.17, 15) is 0 Å². The summed E-state index contributed by atoms with van der Waals surface area (Å²) in [4.78, 5) is 9.84. The first-order valence-corrected chi connectivity index (χ1v) is 8.19. The minimum absolute atomic E-state index is 0.500. The molecule has 4 nitrogen and oxygen atoms in total. The highest BCUT2D eigenvalue weighted by Gasteiger charge is 2.18. The zero-order valence-corrected chi connectivity index (χ0v) is 14.0. The van der Waals surface area contributed by atoms with Gasteiger partial charge in [-0.3, -0.25) is 14.8 Å². The zero-order chi connectivity index (χ0) is 15.2. The molecule has 0 unspecified atom stereocenters. The van der Waals surface area contributed by atoms with E-state index in [1.165, 1.54) is 18.8 Å². The molecule has 118 valence electrons. The van der Waals surface area contributed by atoms with E-state index in [1.54, 1.807) is 0 Å². The third-order valence-electron chi connectivity index (χ3n) is 4.08. The predicted molar refractivity (Wildman–Crippen MR) is 88.2 cm³/mol. The number of nitrogens with zero attached hydrogens (tertiary/aromatic N) is 3. The van der Waals surface area contributed by atoms with Crippen molar-refractivity contribution in [3.63, 3.8) is 0 Å². The lowest BCUT2D eigenvalue weighted by Crippen LogP contribution is -2.48. The second-order valence-corrected chi connectivity index (χ2v) is 6.56. The maximum atomic E-state index is 4.78. The van der Waals surface area contributed by atoms with Crippen LogP contribution in [0.5, 0.6) is 0 Å². The lowest BCUT2D eigenvalue weighted by molar-refractivity contribution is 0.103. The van der Waals surface area contributed by atoms with Crippen molar-refractivity contribution in [2.45, 2.75) is 52.9 Å². The number of aromatic nitrogens is 1. The van der Waals surface area contributed by atoms with Gasteiger partial charge in [0.05, 0.1) is 11.4 Å². The molecule has 1 saturated heterocycles. The number of nitrogens with one attached hydrogen (secondary N) is 1. The van der Waals surface area contributed by atoms with Gasteiger partial charge in [0.25, 0.3) is 0 Å². The Morgan fingerprint density at radius 1 is 1.05 bits per heavy atom. The van der Waals surface area contributed by atoms with Crippen LogP contribution in [-0.4, -0.2) is 53.0 Å². The number of piperazine rings is 1. The topological polar surface area (TPSA) is 31.4 Å². The van der Waals surface area contributed by atoms with Gasteiger partial charge < -0.3 is 5.32 Å². The molecule has 1 aromatic heterocycles. The molecule has 0 atom stereocenters. The molecule has 1 fully saturated rings. The van der Waals surface area contributed by atoms with E-state index < -0.39 is 0 Å². The first-order chi connectivity index (χ1) is 10.0. The van der Waals surface area contributed by atoms with E-state index in [0.29, 0.717) is 12.1 Å². The van der Waals surface area contributed by atoms with Crippen LogP contribution in [0.15, 0.2) is 18.2 Å². The van der Waals surface area contributed by atoms with Crippen LogP contribution in [0.25, 0.3) is 0 Å². The van der Waals surface area contributed by atoms with Gasteiger partial charge in [-0.2, -0.15) is 0 Å². The zero-order valence-electron chi connectivity index (χ0n) is 14.0. The van der Waals surface area contributed by atoms with Gasteiger partial charge in [-0.15, -0.1) is 0 Å². The molecule has 4 heteroatoms. The Balaban J connectivity index is 1.84. The van der Waals surface area contributed by atoms with E-state index in [0.717, 1.165) is 31.9 Å². The Bertz CT molecular complexity index is 423. The van der Waals surface area contributed by atoms with Crippen molar-refractivity contribution in [1.29, 1.82) is 0 Å². The number of hydrogen-bond acceptors (Lipinski definition) is 4. The third-order valence-corrected chi connectivity index (χ3v) is 4.08. The van der Waals surface area contributed by atoms with Crippen LogP contribution < -0.4 is 5.32 Å². The fourth-order valence-electron chi connectivity index (χ4n) is 2.69. The molecule has 21 heavy (non-hydrogen) atoms. The summed E-state index contributed by atoms with van der Waals surface area (Å²) in [5, 5.41) is 3.43. The maximum absolute atomic E-state index is 4.78. The summed E-state index contributed by atoms with van der Waals surface area (Å²) < 4.78 is 0. The van der Waals surface area contributed by atoms with E-state index in [2.05, 4.69) is 61.0 Å². The molecule has 0 amide bonds. The molecule has 0 radical (unpaired) electrons. The standard InChI is InChI=1S/C17H30N4/c1-14(2)18-12-16-6-5-7-17(19-16)13-20-8-10-21(11-9-20)15(3)4/h5-7,14-15,18H,8-13H2,1-4H3. The minimum Gasteiger partial charge on any atom is -0.309 e. The average molecular weight is 290 g/mol. The molecule has 1 aromatic rings. The lowest BCUT2D eigenvalue weighted by atomic mass is 10.2. The molecule has 1 aliphatic heterocycles. The van der Waals surface area contributed by atoms with Gasteiger partial charge in [-0.1, -0.05) is 19.9 Å². The predicted octanol–water partition coefficient (Wildman–Crippen LogP) is 2.11. The van der Waals surface area contributed by atoms with Crippen LogP contribution in [0.1, 0.15) is 39.1 Å². The molecular weight excluding hydrogens is 260 g/mol. The molecule has 0 spiro atoms. The van der Waals surface area contributed by atoms with Crippen molar-refractivity contribution >= 4 is 0 Å². The fraction of sp³-hybridized carbons (Fsp3) is 0.706. The molecule has 1 N–H and O–H groups in total. The molecule has 0 aliphatic carbocycles. The Morgan fingerprint density at radius 3 is 2.33 bits per heavy atom. The van der Waals surface area contributed by atoms with Gasteiger partial charge in [0.15, 0.2) is 0 Å². The molecule has 1 aliphatic rings. The summed E-state index contributed by atoms with van der Waals surface area (Å²) in [6, 6.07) is 7.54. The van der Waals surface area contributed by atoms with Crippen LogP contribution >= 0.6 is 0 Å². The van der Waals surface area contributed by atoms with Gasteiger partial charge in [0.1, 0.15) is 0 Å². The Morgan fingerprint density at radius 2 is 1.71 bits per heavy atom. The van der Waals surface area contributed by atoms with Crippen LogP contribution in [0.4, 0.5) is 0 Å². The van der Waals surface area contributed by atoms with E-state index in [-0.39, 0.29) is 0 Å². The van der Waals surface area contributed by atoms with Crippen molar-refractivity contribution in [3.8, 4) is 0 Å². The Kier molecular flexibility index (Phi) is 6.15. The summed E-state index contributed by atoms with van der Waals surface area (Å²) in [6.45, 7) is 15.4. The molecule has 0 aromatic carbocycles. The first-order valence-electron chi connectivity index (χ1n) is 8.19. The Hall–Kier alpha value is -0.970. The Labute approximate surface area is 129 Å². The third kappa shape index (κ3) is 5.38. The highest BCUT2D eigenvalue weighted by molar-refractivity contribution is 5.11. The van der Waals surface area contributed by atoms with Gasteiger partial charge in [0, 0.05) is 51.4 Å². The summed E-state index contributed by atoms with van der Waals surface area (Å²) in [5.74, 6) is 0. The van der Waals surface area contributed by atoms with E-state index in [4.69, 9.17) is 4.98 Å². The molecular formula is C17H30N4. The van der Waals surface area contributed by atoms with Gasteiger partial charge in [-0.25, -0.2) is 0 Å². The minimum atomic E-state index is 0.500.